The number of nitrogens with zero attached hydrogens (tertiary/aromatic N) is 2. The molecule has 1 aromatic carbocycles. The fourth-order valence-electron chi connectivity index (χ4n) is 5.43. The molecular formula is C25H30Cl2N4O7S2. The van der Waals surface area contributed by atoms with Crippen molar-refractivity contribution in [1.29, 1.82) is 0 Å². The molecule has 4 fully saturated rings. The second-order valence-electron chi connectivity index (χ2n) is 10.8. The van der Waals surface area contributed by atoms with E-state index in [4.69, 9.17) is 26.8 Å². The minimum absolute atomic E-state index is 0. The van der Waals surface area contributed by atoms with Crippen molar-refractivity contribution in [3.8, 4) is 0 Å². The molecule has 4 aliphatic rings. The number of hydrogen-bond donors (Lipinski definition) is 2. The molecule has 3 N–H and O–H groups in total. The van der Waals surface area contributed by atoms with Crippen LogP contribution in [-0.2, 0) is 33.4 Å². The molecule has 2 unspecified atom stereocenters. The fraction of sp³-hybridized carbons (Fsp3) is 0.560. The van der Waals surface area contributed by atoms with Crippen molar-refractivity contribution < 1.29 is 33.4 Å². The minimum atomic E-state index is -0.952. The van der Waals surface area contributed by atoms with Gasteiger partial charge in [0.2, 0.25) is 24.5 Å². The predicted molar refractivity (Wildman–Crippen MR) is 151 cm³/mol. The van der Waals surface area contributed by atoms with Gasteiger partial charge in [0.15, 0.2) is 0 Å². The first kappa shape index (κ1) is 30.8. The quantitative estimate of drug-likeness (QED) is 0.195. The van der Waals surface area contributed by atoms with Gasteiger partial charge in [0.25, 0.3) is 0 Å². The first-order valence-electron chi connectivity index (χ1n) is 12.3. The van der Waals surface area contributed by atoms with Gasteiger partial charge in [0, 0.05) is 9.49 Å². The summed E-state index contributed by atoms with van der Waals surface area (Å²) in [5.41, 5.74) is 6.68. The summed E-state index contributed by atoms with van der Waals surface area (Å²) in [5.74, 6) is -2.69. The maximum Gasteiger partial charge on any atom is 0.333 e. The van der Waals surface area contributed by atoms with Gasteiger partial charge in [-0.3, -0.25) is 14.4 Å². The van der Waals surface area contributed by atoms with E-state index in [0.29, 0.717) is 5.56 Å². The number of hydrogen-bond acceptors (Lipinski definition) is 10. The number of benzene rings is 1. The van der Waals surface area contributed by atoms with E-state index in [1.807, 2.05) is 19.9 Å². The molecule has 11 nitrogen and oxygen atoms in total. The molecule has 0 bridgehead atoms. The van der Waals surface area contributed by atoms with E-state index in [0.717, 1.165) is 0 Å². The van der Waals surface area contributed by atoms with Crippen molar-refractivity contribution in [3.05, 3.63) is 35.9 Å². The molecule has 4 heterocycles. The van der Waals surface area contributed by atoms with Gasteiger partial charge < -0.3 is 30.3 Å². The van der Waals surface area contributed by atoms with Crippen molar-refractivity contribution >= 4 is 77.2 Å². The van der Waals surface area contributed by atoms with Crippen LogP contribution in [0.4, 0.5) is 0 Å². The summed E-state index contributed by atoms with van der Waals surface area (Å²) in [6, 6.07) is 5.22. The van der Waals surface area contributed by atoms with E-state index in [2.05, 4.69) is 5.32 Å². The van der Waals surface area contributed by atoms with Gasteiger partial charge in [-0.1, -0.05) is 30.3 Å². The van der Waals surface area contributed by atoms with Gasteiger partial charge in [-0.2, -0.15) is 0 Å². The number of nitrogens with one attached hydrogen (secondary N) is 1. The number of thioether (sulfide) groups is 2. The third-order valence-electron chi connectivity index (χ3n) is 7.40. The normalized spacial score (nSPS) is 31.6. The highest BCUT2D eigenvalue weighted by molar-refractivity contribution is 8.02. The topological polar surface area (TPSA) is 148 Å². The van der Waals surface area contributed by atoms with Crippen LogP contribution >= 0.6 is 47.5 Å². The van der Waals surface area contributed by atoms with E-state index in [1.165, 1.54) is 33.3 Å². The summed E-state index contributed by atoms with van der Waals surface area (Å²) >= 11 is 8.85. The first-order chi connectivity index (χ1) is 18.3. The summed E-state index contributed by atoms with van der Waals surface area (Å²) in [4.78, 5) is 66.6. The third kappa shape index (κ3) is 4.93. The monoisotopic (exact) mass is 632 g/mol. The number of carbonyl (C=O) groups is 5. The number of β-lactam (4-membered cyclic amide) rings is 2. The molecule has 4 aliphatic heterocycles. The van der Waals surface area contributed by atoms with Crippen LogP contribution in [0.1, 0.15) is 39.3 Å². The van der Waals surface area contributed by atoms with Crippen molar-refractivity contribution in [3.63, 3.8) is 0 Å². The maximum atomic E-state index is 13.1. The number of halogens is 2. The molecule has 4 saturated heterocycles. The number of amides is 3. The van der Waals surface area contributed by atoms with Crippen molar-refractivity contribution in [2.75, 3.05) is 6.79 Å². The van der Waals surface area contributed by atoms with Gasteiger partial charge in [-0.25, -0.2) is 9.59 Å². The SMILES string of the molecule is CC1(C)S[C@@H]2C(NC(=O)C(N)c3ccccc3)C(=O)N2[C@H]1C(=O)OCOC(=O)[C@@H]1N2C(=O)[C@@H](Cl)[C@H]2SC1(C)C.Cl. The molecule has 3 amide bonds. The average Bonchev–Trinajstić information content (AvgIpc) is 3.31. The molecule has 15 heteroatoms. The van der Waals surface area contributed by atoms with Gasteiger partial charge >= 0.3 is 11.9 Å². The minimum Gasteiger partial charge on any atom is -0.426 e. The lowest BCUT2D eigenvalue weighted by molar-refractivity contribution is -0.181. The third-order valence-corrected chi connectivity index (χ3v) is 11.1. The van der Waals surface area contributed by atoms with Crippen LogP contribution in [0.2, 0.25) is 0 Å². The number of alkyl halides is 1. The van der Waals surface area contributed by atoms with Crippen LogP contribution < -0.4 is 11.1 Å². The lowest BCUT2D eigenvalue weighted by Crippen LogP contribution is -2.71. The Hall–Kier alpha value is -2.19. The largest absolute Gasteiger partial charge is 0.426 e. The van der Waals surface area contributed by atoms with Crippen LogP contribution in [0.5, 0.6) is 0 Å². The highest BCUT2D eigenvalue weighted by Gasteiger charge is 2.65. The van der Waals surface area contributed by atoms with Crippen LogP contribution in [0.3, 0.4) is 0 Å². The molecule has 40 heavy (non-hydrogen) atoms. The number of esters is 2. The molecule has 218 valence electrons. The van der Waals surface area contributed by atoms with E-state index in [1.54, 1.807) is 38.1 Å². The Labute approximate surface area is 250 Å². The molecule has 0 aliphatic carbocycles. The molecule has 7 atom stereocenters. The van der Waals surface area contributed by atoms with Gasteiger partial charge in [0.05, 0.1) is 0 Å². The second kappa shape index (κ2) is 10.9. The number of fused-ring (bicyclic) bond motifs is 2. The average molecular weight is 634 g/mol. The second-order valence-corrected chi connectivity index (χ2v) is 14.9. The Bertz CT molecular complexity index is 1240. The summed E-state index contributed by atoms with van der Waals surface area (Å²) in [5, 5.41) is 1.24. The van der Waals surface area contributed by atoms with Crippen molar-refractivity contribution in [1.82, 2.24) is 15.1 Å². The summed E-state index contributed by atoms with van der Waals surface area (Å²) in [7, 11) is 0. The zero-order valence-corrected chi connectivity index (χ0v) is 25.3. The molecule has 0 radical (unpaired) electrons. The Morgan fingerprint density at radius 3 is 2.00 bits per heavy atom. The Morgan fingerprint density at radius 1 is 0.950 bits per heavy atom. The highest BCUT2D eigenvalue weighted by Crippen LogP contribution is 2.53. The molecule has 1 aromatic rings. The summed E-state index contributed by atoms with van der Waals surface area (Å²) in [6.45, 7) is 6.57. The summed E-state index contributed by atoms with van der Waals surface area (Å²) in [6.07, 6.45) is 0. The van der Waals surface area contributed by atoms with E-state index in [-0.39, 0.29) is 23.7 Å². The fourth-order valence-corrected chi connectivity index (χ4v) is 8.98. The lowest BCUT2D eigenvalue weighted by atomic mass is 9.95. The number of nitrogens with two attached hydrogens (primary N) is 1. The smallest absolute Gasteiger partial charge is 0.333 e. The Morgan fingerprint density at radius 2 is 1.45 bits per heavy atom. The first-order valence-corrected chi connectivity index (χ1v) is 14.5. The van der Waals surface area contributed by atoms with E-state index < -0.39 is 75.0 Å². The number of ether oxygens (including phenoxy) is 2. The van der Waals surface area contributed by atoms with Crippen LogP contribution in [0, 0.1) is 0 Å². The van der Waals surface area contributed by atoms with Crippen molar-refractivity contribution in [2.24, 2.45) is 5.73 Å². The molecule has 0 saturated carbocycles. The number of rotatable bonds is 7. The standard InChI is InChI=1S/C25H29ClN4O7S2.ClH/c1-24(2)15(29-18(32)12(26)20(29)38-24)22(34)36-10-37-23(35)16-25(3,4)39-21-14(19(33)30(16)21)28-17(31)13(27)11-8-6-5-7-9-11;/h5-9,12-16,20-21H,10,27H2,1-4H3,(H,28,31);1H/t12-,13?,14?,15+,16+,20-,21-;/m1./s1. The van der Waals surface area contributed by atoms with Crippen LogP contribution in [-0.4, -0.2) is 90.0 Å². The number of carbonyl (C=O) groups excluding carboxylic acids is 5. The highest BCUT2D eigenvalue weighted by atomic mass is 35.5. The van der Waals surface area contributed by atoms with Gasteiger partial charge in [-0.15, -0.1) is 47.5 Å². The van der Waals surface area contributed by atoms with Gasteiger partial charge in [0.1, 0.15) is 40.3 Å². The zero-order valence-electron chi connectivity index (χ0n) is 22.1. The lowest BCUT2D eigenvalue weighted by Gasteiger charge is -2.44. The Balaban J connectivity index is 0.00000370. The summed E-state index contributed by atoms with van der Waals surface area (Å²) < 4.78 is 9.13. The molecular weight excluding hydrogens is 603 g/mol. The molecule has 0 aromatic heterocycles. The zero-order chi connectivity index (χ0) is 28.4. The Kier molecular flexibility index (Phi) is 8.38. The maximum absolute atomic E-state index is 13.1. The van der Waals surface area contributed by atoms with Gasteiger partial charge in [-0.05, 0) is 33.3 Å². The molecule has 0 spiro atoms. The van der Waals surface area contributed by atoms with E-state index in [9.17, 15) is 24.0 Å². The predicted octanol–water partition coefficient (Wildman–Crippen LogP) is 1.37. The van der Waals surface area contributed by atoms with Crippen molar-refractivity contribution in [2.45, 2.75) is 77.5 Å². The van der Waals surface area contributed by atoms with Crippen LogP contribution in [0.25, 0.3) is 0 Å². The molecule has 5 rings (SSSR count). The van der Waals surface area contributed by atoms with Crippen LogP contribution in [0.15, 0.2) is 30.3 Å². The van der Waals surface area contributed by atoms with E-state index >= 15 is 0 Å².